The van der Waals surface area contributed by atoms with Crippen molar-refractivity contribution in [2.24, 2.45) is 0 Å². The summed E-state index contributed by atoms with van der Waals surface area (Å²) in [5.74, 6) is -0.294. The SMILES string of the molecule is CCNC(=O)[C@@H](C)N(Cc1ccc(Br)cc1)C(=O)CN(c1cc(OC)ccc1OC)S(=O)(=O)c1ccc(C)cc1. The minimum absolute atomic E-state index is 0.00649. The lowest BCUT2D eigenvalue weighted by Gasteiger charge is -2.32. The predicted molar refractivity (Wildman–Crippen MR) is 158 cm³/mol. The molecule has 1 atom stereocenters. The predicted octanol–water partition coefficient (Wildman–Crippen LogP) is 4.52. The number of carbonyl (C=O) groups is 2. The molecule has 0 fully saturated rings. The van der Waals surface area contributed by atoms with Gasteiger partial charge >= 0.3 is 0 Å². The van der Waals surface area contributed by atoms with Gasteiger partial charge in [0.25, 0.3) is 10.0 Å². The number of halogens is 1. The van der Waals surface area contributed by atoms with Crippen molar-refractivity contribution in [3.63, 3.8) is 0 Å². The lowest BCUT2D eigenvalue weighted by Crippen LogP contribution is -2.51. The summed E-state index contributed by atoms with van der Waals surface area (Å²) in [5.41, 5.74) is 1.79. The molecule has 214 valence electrons. The number of rotatable bonds is 12. The molecule has 0 saturated heterocycles. The highest BCUT2D eigenvalue weighted by Crippen LogP contribution is 2.36. The van der Waals surface area contributed by atoms with Gasteiger partial charge in [0.05, 0.1) is 24.8 Å². The van der Waals surface area contributed by atoms with E-state index in [1.165, 1.54) is 37.3 Å². The first-order valence-electron chi connectivity index (χ1n) is 12.6. The molecule has 1 N–H and O–H groups in total. The summed E-state index contributed by atoms with van der Waals surface area (Å²) >= 11 is 3.41. The van der Waals surface area contributed by atoms with Crippen LogP contribution in [0.3, 0.4) is 0 Å². The molecule has 2 amide bonds. The van der Waals surface area contributed by atoms with Gasteiger partial charge in [-0.05, 0) is 62.7 Å². The zero-order valence-corrected chi connectivity index (χ0v) is 25.6. The number of ether oxygens (including phenoxy) is 2. The molecule has 0 heterocycles. The highest BCUT2D eigenvalue weighted by molar-refractivity contribution is 9.10. The lowest BCUT2D eigenvalue weighted by molar-refractivity contribution is -0.139. The van der Waals surface area contributed by atoms with Crippen molar-refractivity contribution in [1.82, 2.24) is 10.2 Å². The summed E-state index contributed by atoms with van der Waals surface area (Å²) in [4.78, 5) is 28.2. The van der Waals surface area contributed by atoms with Crippen LogP contribution in [0.1, 0.15) is 25.0 Å². The van der Waals surface area contributed by atoms with E-state index in [-0.39, 0.29) is 28.8 Å². The topological polar surface area (TPSA) is 105 Å². The largest absolute Gasteiger partial charge is 0.497 e. The number of sulfonamides is 1. The number of methoxy groups -OCH3 is 2. The highest BCUT2D eigenvalue weighted by atomic mass is 79.9. The zero-order valence-electron chi connectivity index (χ0n) is 23.2. The van der Waals surface area contributed by atoms with Crippen molar-refractivity contribution < 1.29 is 27.5 Å². The maximum absolute atomic E-state index is 14.0. The van der Waals surface area contributed by atoms with Gasteiger partial charge in [0.15, 0.2) is 0 Å². The van der Waals surface area contributed by atoms with Crippen LogP contribution in [-0.2, 0) is 26.2 Å². The number of aryl methyl sites for hydroxylation is 1. The fourth-order valence-electron chi connectivity index (χ4n) is 4.03. The van der Waals surface area contributed by atoms with Crippen LogP contribution in [0, 0.1) is 6.92 Å². The lowest BCUT2D eigenvalue weighted by atomic mass is 10.1. The Bertz CT molecular complexity index is 1430. The van der Waals surface area contributed by atoms with Gasteiger partial charge in [0.1, 0.15) is 24.1 Å². The molecule has 3 aromatic rings. The van der Waals surface area contributed by atoms with Crippen LogP contribution < -0.4 is 19.1 Å². The number of hydrogen-bond acceptors (Lipinski definition) is 6. The van der Waals surface area contributed by atoms with E-state index in [0.717, 1.165) is 19.9 Å². The van der Waals surface area contributed by atoms with Crippen LogP contribution >= 0.6 is 15.9 Å². The fourth-order valence-corrected chi connectivity index (χ4v) is 5.71. The summed E-state index contributed by atoms with van der Waals surface area (Å²) in [7, 11) is -1.37. The average molecular weight is 633 g/mol. The van der Waals surface area contributed by atoms with Crippen molar-refractivity contribution in [2.45, 2.75) is 38.3 Å². The number of benzene rings is 3. The fraction of sp³-hybridized carbons (Fsp3) is 0.310. The van der Waals surface area contributed by atoms with Gasteiger partial charge in [-0.15, -0.1) is 0 Å². The number of hydrogen-bond donors (Lipinski definition) is 1. The second-order valence-corrected chi connectivity index (χ2v) is 11.9. The Labute approximate surface area is 244 Å². The molecule has 9 nitrogen and oxygen atoms in total. The number of carbonyl (C=O) groups excluding carboxylic acids is 2. The van der Waals surface area contributed by atoms with E-state index >= 15 is 0 Å². The molecule has 0 radical (unpaired) electrons. The molecule has 0 aliphatic carbocycles. The first-order valence-corrected chi connectivity index (χ1v) is 14.9. The molecular weight excluding hydrogens is 598 g/mol. The smallest absolute Gasteiger partial charge is 0.264 e. The van der Waals surface area contributed by atoms with Crippen LogP contribution in [-0.4, -0.2) is 58.5 Å². The van der Waals surface area contributed by atoms with Gasteiger partial charge in [-0.3, -0.25) is 13.9 Å². The Kier molecular flexibility index (Phi) is 10.6. The van der Waals surface area contributed by atoms with Gasteiger partial charge < -0.3 is 19.7 Å². The van der Waals surface area contributed by atoms with Crippen LogP contribution in [0.5, 0.6) is 11.5 Å². The van der Waals surface area contributed by atoms with Crippen molar-refractivity contribution in [1.29, 1.82) is 0 Å². The molecule has 40 heavy (non-hydrogen) atoms. The molecule has 0 aliphatic rings. The molecular formula is C29H34BrN3O6S. The Morgan fingerprint density at radius 1 is 0.975 bits per heavy atom. The number of nitrogens with zero attached hydrogens (tertiary/aromatic N) is 2. The van der Waals surface area contributed by atoms with E-state index in [9.17, 15) is 18.0 Å². The molecule has 3 rings (SSSR count). The second kappa shape index (κ2) is 13.7. The van der Waals surface area contributed by atoms with Crippen LogP contribution in [0.25, 0.3) is 0 Å². The average Bonchev–Trinajstić information content (AvgIpc) is 2.95. The first-order chi connectivity index (χ1) is 19.0. The van der Waals surface area contributed by atoms with E-state index < -0.39 is 28.5 Å². The summed E-state index contributed by atoms with van der Waals surface area (Å²) in [6, 6.07) is 17.5. The molecule has 3 aromatic carbocycles. The molecule has 0 unspecified atom stereocenters. The highest BCUT2D eigenvalue weighted by Gasteiger charge is 2.34. The van der Waals surface area contributed by atoms with Crippen molar-refractivity contribution in [3.8, 4) is 11.5 Å². The number of nitrogens with one attached hydrogen (secondary N) is 1. The third kappa shape index (κ3) is 7.33. The van der Waals surface area contributed by atoms with Gasteiger partial charge in [-0.25, -0.2) is 8.42 Å². The molecule has 11 heteroatoms. The van der Waals surface area contributed by atoms with Gasteiger partial charge in [-0.2, -0.15) is 0 Å². The molecule has 0 aliphatic heterocycles. The van der Waals surface area contributed by atoms with Crippen molar-refractivity contribution in [2.75, 3.05) is 31.6 Å². The summed E-state index contributed by atoms with van der Waals surface area (Å²) in [6.45, 7) is 5.16. The third-order valence-corrected chi connectivity index (χ3v) is 8.63. The normalized spacial score (nSPS) is 11.8. The Balaban J connectivity index is 2.12. The molecule has 0 aromatic heterocycles. The number of amides is 2. The zero-order chi connectivity index (χ0) is 29.4. The Morgan fingerprint density at radius 3 is 2.20 bits per heavy atom. The van der Waals surface area contributed by atoms with E-state index in [4.69, 9.17) is 9.47 Å². The molecule has 0 bridgehead atoms. The van der Waals surface area contributed by atoms with E-state index in [0.29, 0.717) is 12.3 Å². The maximum Gasteiger partial charge on any atom is 0.264 e. The van der Waals surface area contributed by atoms with Gasteiger partial charge in [-0.1, -0.05) is 45.8 Å². The monoisotopic (exact) mass is 631 g/mol. The minimum Gasteiger partial charge on any atom is -0.497 e. The minimum atomic E-state index is -4.25. The Morgan fingerprint density at radius 2 is 1.62 bits per heavy atom. The van der Waals surface area contributed by atoms with Gasteiger partial charge in [0, 0.05) is 23.6 Å². The standard InChI is InChI=1S/C29H34BrN3O6S/c1-6-31-29(35)21(3)32(18-22-9-11-23(30)12-10-22)28(34)19-33(26-17-24(38-4)13-16-27(26)39-5)40(36,37)25-14-7-20(2)8-15-25/h7-17,21H,6,18-19H2,1-5H3,(H,31,35)/t21-/m1/s1. The number of anilines is 1. The summed E-state index contributed by atoms with van der Waals surface area (Å²) < 4.78 is 40.8. The van der Waals surface area contributed by atoms with Crippen LogP contribution in [0.2, 0.25) is 0 Å². The Hall–Kier alpha value is -3.57. The summed E-state index contributed by atoms with van der Waals surface area (Å²) in [5, 5.41) is 2.75. The van der Waals surface area contributed by atoms with Crippen LogP contribution in [0.4, 0.5) is 5.69 Å². The summed E-state index contributed by atoms with van der Waals surface area (Å²) in [6.07, 6.45) is 0. The first kappa shape index (κ1) is 31.0. The van der Waals surface area contributed by atoms with Gasteiger partial charge in [0.2, 0.25) is 11.8 Å². The van der Waals surface area contributed by atoms with E-state index in [1.54, 1.807) is 38.1 Å². The number of likely N-dealkylation sites (N-methyl/N-ethyl adjacent to an activating group) is 1. The van der Waals surface area contributed by atoms with Crippen molar-refractivity contribution in [3.05, 3.63) is 82.3 Å². The maximum atomic E-state index is 14.0. The van der Waals surface area contributed by atoms with E-state index in [2.05, 4.69) is 21.2 Å². The quantitative estimate of drug-likeness (QED) is 0.315. The van der Waals surface area contributed by atoms with Crippen molar-refractivity contribution >= 4 is 43.5 Å². The van der Waals surface area contributed by atoms with Crippen LogP contribution in [0.15, 0.2) is 76.1 Å². The van der Waals surface area contributed by atoms with E-state index in [1.807, 2.05) is 31.2 Å². The second-order valence-electron chi connectivity index (χ2n) is 9.08. The molecule has 0 spiro atoms. The third-order valence-electron chi connectivity index (χ3n) is 6.33. The molecule has 0 saturated carbocycles.